The first kappa shape index (κ1) is 23.9. The summed E-state index contributed by atoms with van der Waals surface area (Å²) in [6.45, 7) is 2.46. The number of aryl methyl sites for hydroxylation is 1. The van der Waals surface area contributed by atoms with Crippen molar-refractivity contribution in [3.8, 4) is 11.5 Å². The maximum atomic E-state index is 13.9. The summed E-state index contributed by atoms with van der Waals surface area (Å²) < 4.78 is 14.6. The van der Waals surface area contributed by atoms with Crippen LogP contribution < -0.4 is 24.4 Å². The van der Waals surface area contributed by atoms with Crippen LogP contribution in [0.1, 0.15) is 41.6 Å². The maximum Gasteiger partial charge on any atom is 0.271 e. The fourth-order valence-electron chi connectivity index (χ4n) is 5.22. The standard InChI is InChI=1S/C30H25BrN2O3S/c1-3-36-28-23(31)15-18(16-24(28)35-2)17-25-29(34)33-27(20-10-5-4-6-11-20)22-14-13-19-9-7-8-12-21(19)26(22)32-30(33)37-25/h4-12,15-17,27H,3,13-14H2,1-2H3/b25-17-/t27-/m1/s1. The molecule has 37 heavy (non-hydrogen) atoms. The number of fused-ring (bicyclic) bond motifs is 3. The minimum Gasteiger partial charge on any atom is -0.493 e. The minimum atomic E-state index is -0.176. The minimum absolute atomic E-state index is 0.0352. The van der Waals surface area contributed by atoms with Gasteiger partial charge in [0, 0.05) is 5.56 Å². The van der Waals surface area contributed by atoms with E-state index in [1.165, 1.54) is 28.0 Å². The van der Waals surface area contributed by atoms with Crippen LogP contribution in [0, 0.1) is 0 Å². The van der Waals surface area contributed by atoms with Gasteiger partial charge >= 0.3 is 0 Å². The Balaban J connectivity index is 1.57. The highest BCUT2D eigenvalue weighted by Crippen LogP contribution is 2.41. The summed E-state index contributed by atoms with van der Waals surface area (Å²) in [7, 11) is 1.62. The topological polar surface area (TPSA) is 52.8 Å². The van der Waals surface area contributed by atoms with Gasteiger partial charge in [0.25, 0.3) is 5.56 Å². The smallest absolute Gasteiger partial charge is 0.271 e. The zero-order valence-corrected chi connectivity index (χ0v) is 22.9. The number of aromatic nitrogens is 1. The molecule has 2 heterocycles. The van der Waals surface area contributed by atoms with Crippen LogP contribution in [0.2, 0.25) is 0 Å². The van der Waals surface area contributed by atoms with E-state index < -0.39 is 0 Å². The first-order chi connectivity index (χ1) is 18.1. The van der Waals surface area contributed by atoms with Gasteiger partial charge in [0.1, 0.15) is 0 Å². The van der Waals surface area contributed by atoms with E-state index in [1.54, 1.807) is 7.11 Å². The average molecular weight is 574 g/mol. The fraction of sp³-hybridized carbons (Fsp3) is 0.200. The Morgan fingerprint density at radius 1 is 1.11 bits per heavy atom. The van der Waals surface area contributed by atoms with Crippen molar-refractivity contribution < 1.29 is 9.47 Å². The van der Waals surface area contributed by atoms with E-state index >= 15 is 0 Å². The van der Waals surface area contributed by atoms with Crippen LogP contribution in [0.25, 0.3) is 11.8 Å². The highest BCUT2D eigenvalue weighted by Gasteiger charge is 2.32. The summed E-state index contributed by atoms with van der Waals surface area (Å²) in [5, 5.41) is 0. The molecule has 0 radical (unpaired) electrons. The Bertz CT molecular complexity index is 1720. The van der Waals surface area contributed by atoms with Gasteiger partial charge in [-0.25, -0.2) is 4.99 Å². The molecule has 3 aromatic carbocycles. The third-order valence-electron chi connectivity index (χ3n) is 6.83. The van der Waals surface area contributed by atoms with E-state index in [1.807, 2.05) is 47.9 Å². The molecule has 0 bridgehead atoms. The van der Waals surface area contributed by atoms with Crippen molar-refractivity contribution in [1.82, 2.24) is 4.57 Å². The van der Waals surface area contributed by atoms with Gasteiger partial charge in [-0.2, -0.15) is 0 Å². The van der Waals surface area contributed by atoms with Gasteiger partial charge in [-0.05, 0) is 76.2 Å². The van der Waals surface area contributed by atoms with E-state index in [9.17, 15) is 4.79 Å². The molecular weight excluding hydrogens is 548 g/mol. The number of benzene rings is 3. The average Bonchev–Trinajstić information content (AvgIpc) is 3.23. The second kappa shape index (κ2) is 9.80. The largest absolute Gasteiger partial charge is 0.493 e. The number of hydrogen-bond donors (Lipinski definition) is 0. The molecule has 7 heteroatoms. The first-order valence-electron chi connectivity index (χ1n) is 12.3. The Morgan fingerprint density at radius 3 is 2.68 bits per heavy atom. The van der Waals surface area contributed by atoms with E-state index in [0.717, 1.165) is 38.9 Å². The number of nitrogens with zero attached hydrogens (tertiary/aromatic N) is 2. The highest BCUT2D eigenvalue weighted by molar-refractivity contribution is 9.10. The zero-order chi connectivity index (χ0) is 25.5. The lowest BCUT2D eigenvalue weighted by atomic mass is 9.83. The maximum absolute atomic E-state index is 13.9. The zero-order valence-electron chi connectivity index (χ0n) is 20.5. The summed E-state index contributed by atoms with van der Waals surface area (Å²) in [5.74, 6) is 1.27. The number of hydrogen-bond acceptors (Lipinski definition) is 5. The Morgan fingerprint density at radius 2 is 1.89 bits per heavy atom. The molecule has 186 valence electrons. The molecule has 1 aliphatic heterocycles. The number of thiazole rings is 1. The van der Waals surface area contributed by atoms with Crippen molar-refractivity contribution in [3.63, 3.8) is 0 Å². The van der Waals surface area contributed by atoms with Gasteiger partial charge in [-0.3, -0.25) is 9.36 Å². The molecule has 1 atom stereocenters. The Hall–Kier alpha value is -3.42. The normalized spacial score (nSPS) is 16.5. The highest BCUT2D eigenvalue weighted by atomic mass is 79.9. The molecule has 5 nitrogen and oxygen atoms in total. The van der Waals surface area contributed by atoms with E-state index in [0.29, 0.717) is 22.6 Å². The lowest BCUT2D eigenvalue weighted by molar-refractivity contribution is 0.309. The number of ether oxygens (including phenoxy) is 2. The van der Waals surface area contributed by atoms with Crippen LogP contribution in [0.15, 0.2) is 86.6 Å². The molecule has 0 saturated heterocycles. The summed E-state index contributed by atoms with van der Waals surface area (Å²) in [6, 6.07) is 22.4. The quantitative estimate of drug-likeness (QED) is 0.318. The molecule has 0 unspecified atom stereocenters. The van der Waals surface area contributed by atoms with Gasteiger partial charge in [0.2, 0.25) is 0 Å². The van der Waals surface area contributed by atoms with Gasteiger partial charge in [-0.1, -0.05) is 65.9 Å². The molecule has 0 amide bonds. The van der Waals surface area contributed by atoms with Crippen LogP contribution >= 0.6 is 27.3 Å². The van der Waals surface area contributed by atoms with Crippen LogP contribution in [-0.4, -0.2) is 18.3 Å². The second-order valence-corrected chi connectivity index (χ2v) is 10.9. The number of halogens is 1. The molecule has 1 aliphatic carbocycles. The number of rotatable bonds is 5. The SMILES string of the molecule is CCOc1c(Br)cc(/C=c2\sc3n(c2=O)[C@H](c2ccccc2)C2=C(N=3)c3ccccc3CC2)cc1OC. The molecule has 6 rings (SSSR count). The third-order valence-corrected chi connectivity index (χ3v) is 8.40. The molecular formula is C30H25BrN2O3S. The predicted molar refractivity (Wildman–Crippen MR) is 151 cm³/mol. The summed E-state index contributed by atoms with van der Waals surface area (Å²) >= 11 is 5.02. The lowest BCUT2D eigenvalue weighted by Crippen LogP contribution is -2.38. The fourth-order valence-corrected chi connectivity index (χ4v) is 6.79. The van der Waals surface area contributed by atoms with Crippen molar-refractivity contribution in [2.75, 3.05) is 13.7 Å². The summed E-state index contributed by atoms with van der Waals surface area (Å²) in [5.41, 5.74) is 6.60. The van der Waals surface area contributed by atoms with Crippen LogP contribution in [0.5, 0.6) is 11.5 Å². The second-order valence-electron chi connectivity index (χ2n) is 8.99. The monoisotopic (exact) mass is 572 g/mol. The molecule has 0 N–H and O–H groups in total. The van der Waals surface area contributed by atoms with Crippen molar-refractivity contribution >= 4 is 39.0 Å². The molecule has 0 saturated carbocycles. The van der Waals surface area contributed by atoms with Gasteiger partial charge < -0.3 is 9.47 Å². The molecule has 4 aromatic rings. The Kier molecular flexibility index (Phi) is 6.34. The molecule has 0 fully saturated rings. The van der Waals surface area contributed by atoms with E-state index in [2.05, 4.69) is 52.3 Å². The van der Waals surface area contributed by atoms with E-state index in [4.69, 9.17) is 14.5 Å². The number of allylic oxidation sites excluding steroid dienone is 1. The summed E-state index contributed by atoms with van der Waals surface area (Å²) in [4.78, 5) is 19.7. The van der Waals surface area contributed by atoms with Gasteiger partial charge in [0.05, 0.1) is 34.5 Å². The molecule has 2 aliphatic rings. The Labute approximate surface area is 227 Å². The van der Waals surface area contributed by atoms with Crippen molar-refractivity contribution in [3.05, 3.63) is 119 Å². The van der Waals surface area contributed by atoms with Gasteiger partial charge in [0.15, 0.2) is 16.3 Å². The van der Waals surface area contributed by atoms with Crippen LogP contribution in [0.3, 0.4) is 0 Å². The van der Waals surface area contributed by atoms with Crippen molar-refractivity contribution in [1.29, 1.82) is 0 Å². The first-order valence-corrected chi connectivity index (χ1v) is 13.9. The summed E-state index contributed by atoms with van der Waals surface area (Å²) in [6.07, 6.45) is 3.73. The number of methoxy groups -OCH3 is 1. The van der Waals surface area contributed by atoms with Crippen molar-refractivity contribution in [2.24, 2.45) is 4.99 Å². The van der Waals surface area contributed by atoms with E-state index in [-0.39, 0.29) is 11.6 Å². The van der Waals surface area contributed by atoms with Gasteiger partial charge in [-0.15, -0.1) is 0 Å². The van der Waals surface area contributed by atoms with Crippen molar-refractivity contribution in [2.45, 2.75) is 25.8 Å². The lowest BCUT2D eigenvalue weighted by Gasteiger charge is -2.30. The third kappa shape index (κ3) is 4.16. The molecule has 1 aromatic heterocycles. The predicted octanol–water partition coefficient (Wildman–Crippen LogP) is 5.49. The van der Waals surface area contributed by atoms with Crippen LogP contribution in [0.4, 0.5) is 0 Å². The van der Waals surface area contributed by atoms with Crippen LogP contribution in [-0.2, 0) is 6.42 Å². The molecule has 0 spiro atoms.